The number of nitrogens with zero attached hydrogens (tertiary/aromatic N) is 1. The molecule has 0 amide bonds. The summed E-state index contributed by atoms with van der Waals surface area (Å²) in [6.45, 7) is 19.7. The van der Waals surface area contributed by atoms with Gasteiger partial charge in [0, 0.05) is 24.2 Å². The zero-order valence-corrected chi connectivity index (χ0v) is 28.1. The Labute approximate surface area is 254 Å². The smallest absolute Gasteiger partial charge is 0.0459 e. The Morgan fingerprint density at radius 3 is 2.05 bits per heavy atom. The zero-order chi connectivity index (χ0) is 30.1. The predicted molar refractivity (Wildman–Crippen MR) is 179 cm³/mol. The first-order chi connectivity index (χ1) is 19.2. The van der Waals surface area contributed by atoms with Crippen LogP contribution in [0.3, 0.4) is 0 Å². The van der Waals surface area contributed by atoms with E-state index in [4.69, 9.17) is 11.6 Å². The van der Waals surface area contributed by atoms with Gasteiger partial charge in [-0.3, -0.25) is 4.90 Å². The average molecular weight is 572 g/mol. The van der Waals surface area contributed by atoms with Gasteiger partial charge in [0.2, 0.25) is 0 Å². The first-order valence-corrected chi connectivity index (χ1v) is 16.7. The van der Waals surface area contributed by atoms with Gasteiger partial charge in [0.05, 0.1) is 0 Å². The maximum absolute atomic E-state index is 9.71. The largest absolute Gasteiger partial charge is 0.396 e. The van der Waals surface area contributed by atoms with Gasteiger partial charge in [0.25, 0.3) is 0 Å². The van der Waals surface area contributed by atoms with Crippen molar-refractivity contribution >= 4 is 11.6 Å². The van der Waals surface area contributed by atoms with E-state index < -0.39 is 0 Å². The summed E-state index contributed by atoms with van der Waals surface area (Å²) in [6.07, 6.45) is 15.0. The highest BCUT2D eigenvalue weighted by Crippen LogP contribution is 2.41. The minimum absolute atomic E-state index is 0.340. The van der Waals surface area contributed by atoms with Crippen molar-refractivity contribution in [2.45, 2.75) is 125 Å². The van der Waals surface area contributed by atoms with Crippen LogP contribution >= 0.6 is 11.6 Å². The minimum atomic E-state index is 0.340. The Morgan fingerprint density at radius 2 is 1.55 bits per heavy atom. The molecule has 3 rings (SSSR count). The second-order valence-electron chi connectivity index (χ2n) is 12.1. The quantitative estimate of drug-likeness (QED) is 0.224. The molecule has 1 aromatic rings. The highest BCUT2D eigenvalue weighted by Gasteiger charge is 2.35. The Kier molecular flexibility index (Phi) is 18.8. The molecule has 1 fully saturated rings. The van der Waals surface area contributed by atoms with Gasteiger partial charge in [-0.05, 0) is 118 Å². The number of halogens is 1. The van der Waals surface area contributed by atoms with Crippen molar-refractivity contribution in [1.82, 2.24) is 4.90 Å². The topological polar surface area (TPSA) is 23.5 Å². The van der Waals surface area contributed by atoms with E-state index in [1.54, 1.807) is 5.57 Å². The lowest BCUT2D eigenvalue weighted by molar-refractivity contribution is 0.0744. The van der Waals surface area contributed by atoms with Crippen molar-refractivity contribution in [2.75, 3.05) is 20.2 Å². The number of benzene rings is 1. The maximum atomic E-state index is 9.71. The third kappa shape index (κ3) is 12.7. The van der Waals surface area contributed by atoms with Crippen molar-refractivity contribution in [3.05, 3.63) is 69.8 Å². The summed E-state index contributed by atoms with van der Waals surface area (Å²) < 4.78 is 0. The third-order valence-electron chi connectivity index (χ3n) is 8.39. The minimum Gasteiger partial charge on any atom is -0.396 e. The fourth-order valence-electron chi connectivity index (χ4n) is 6.03. The number of aryl methyl sites for hydroxylation is 1. The van der Waals surface area contributed by atoms with Crippen molar-refractivity contribution in [3.63, 3.8) is 0 Å². The molecule has 4 atom stereocenters. The first-order valence-electron chi connectivity index (χ1n) is 16.3. The van der Waals surface area contributed by atoms with Crippen molar-refractivity contribution in [1.29, 1.82) is 0 Å². The lowest BCUT2D eigenvalue weighted by Crippen LogP contribution is -2.44. The van der Waals surface area contributed by atoms with E-state index in [-0.39, 0.29) is 0 Å². The molecule has 0 bridgehead atoms. The fraction of sp³-hybridized carbons (Fsp3) is 0.676. The summed E-state index contributed by atoms with van der Waals surface area (Å²) in [5, 5.41) is 10.7. The average Bonchev–Trinajstić information content (AvgIpc) is 2.93. The van der Waals surface area contributed by atoms with E-state index in [1.807, 2.05) is 27.7 Å². The number of allylic oxidation sites excluding steroid dienone is 4. The normalized spacial score (nSPS) is 19.9. The molecule has 2 aliphatic carbocycles. The zero-order valence-electron chi connectivity index (χ0n) is 27.4. The molecular weight excluding hydrogens is 510 g/mol. The van der Waals surface area contributed by atoms with E-state index in [2.05, 4.69) is 69.6 Å². The number of hydrogen-bond acceptors (Lipinski definition) is 2. The number of rotatable bonds is 14. The van der Waals surface area contributed by atoms with Crippen LogP contribution in [0.15, 0.2) is 58.7 Å². The summed E-state index contributed by atoms with van der Waals surface area (Å²) in [5.41, 5.74) is 7.15. The molecule has 0 aromatic heterocycles. The van der Waals surface area contributed by atoms with Gasteiger partial charge in [-0.1, -0.05) is 95.3 Å². The van der Waals surface area contributed by atoms with Crippen LogP contribution in [-0.2, 0) is 12.8 Å². The number of hydrogen-bond donors (Lipinski definition) is 1. The molecule has 1 aromatic carbocycles. The van der Waals surface area contributed by atoms with Crippen LogP contribution in [0.1, 0.15) is 117 Å². The fourth-order valence-corrected chi connectivity index (χ4v) is 6.26. The van der Waals surface area contributed by atoms with Crippen molar-refractivity contribution in [3.8, 4) is 0 Å². The third-order valence-corrected chi connectivity index (χ3v) is 8.69. The Hall–Kier alpha value is -1.35. The number of aliphatic hydroxyl groups excluding tert-OH is 1. The second-order valence-corrected chi connectivity index (χ2v) is 12.6. The number of aliphatic hydroxyl groups is 1. The van der Waals surface area contributed by atoms with Crippen LogP contribution < -0.4 is 0 Å². The van der Waals surface area contributed by atoms with Gasteiger partial charge in [-0.15, -0.1) is 6.58 Å². The molecule has 0 spiro atoms. The van der Waals surface area contributed by atoms with E-state index in [0.29, 0.717) is 18.6 Å². The van der Waals surface area contributed by atoms with Gasteiger partial charge < -0.3 is 5.11 Å². The van der Waals surface area contributed by atoms with Crippen molar-refractivity contribution < 1.29 is 5.11 Å². The molecule has 228 valence electrons. The van der Waals surface area contributed by atoms with Crippen LogP contribution in [0.5, 0.6) is 0 Å². The molecule has 1 N–H and O–H groups in total. The van der Waals surface area contributed by atoms with E-state index in [0.717, 1.165) is 68.4 Å². The molecule has 2 aliphatic rings. The van der Waals surface area contributed by atoms with Crippen LogP contribution in [0.2, 0.25) is 0 Å². The van der Waals surface area contributed by atoms with E-state index >= 15 is 0 Å². The van der Waals surface area contributed by atoms with Gasteiger partial charge in [-0.25, -0.2) is 0 Å². The summed E-state index contributed by atoms with van der Waals surface area (Å²) >= 11 is 6.51. The van der Waals surface area contributed by atoms with E-state index in [1.165, 1.54) is 48.0 Å². The Morgan fingerprint density at radius 1 is 0.975 bits per heavy atom. The monoisotopic (exact) mass is 571 g/mol. The van der Waals surface area contributed by atoms with Gasteiger partial charge in [0.15, 0.2) is 0 Å². The van der Waals surface area contributed by atoms with Crippen LogP contribution in [-0.4, -0.2) is 36.2 Å². The predicted octanol–water partition coefficient (Wildman–Crippen LogP) is 10.5. The van der Waals surface area contributed by atoms with Gasteiger partial charge in [-0.2, -0.15) is 0 Å². The Bertz CT molecular complexity index is 891. The molecule has 4 unspecified atom stereocenters. The van der Waals surface area contributed by atoms with Crippen LogP contribution in [0.25, 0.3) is 0 Å². The molecule has 1 saturated carbocycles. The van der Waals surface area contributed by atoms with Crippen molar-refractivity contribution in [2.24, 2.45) is 17.8 Å². The molecular formula is C37H62ClNO. The summed E-state index contributed by atoms with van der Waals surface area (Å²) in [4.78, 5) is 2.66. The lowest BCUT2D eigenvalue weighted by Gasteiger charge is -2.43. The SMILES string of the molecule is C=C(C)C.CC.CCCC1=C(C(Cc2ccc(CCC)cc2)N(C)CC2CCC2CC(CC)CO)CCC(Cl)=C1. The standard InChI is InChI=1S/C31H48ClNO.C4H8.C2H6/c1-5-8-24-10-12-25(13-11-24)19-31(30-17-16-29(32)20-27(30)9-6-2)33(4)21-28-15-14-26(28)18-23(7-3)22-34;1-4(2)3;1-2/h10-13,20,23,26,28,31,34H,5-9,14-19,21-22H2,1-4H3;1H2,2-3H3;1-2H3. The summed E-state index contributed by atoms with van der Waals surface area (Å²) in [5.74, 6) is 2.01. The maximum Gasteiger partial charge on any atom is 0.0459 e. The molecule has 3 heteroatoms. The second kappa shape index (κ2) is 20.5. The Balaban J connectivity index is 0.00000122. The molecule has 0 saturated heterocycles. The molecule has 2 nitrogen and oxygen atoms in total. The first kappa shape index (κ1) is 36.7. The van der Waals surface area contributed by atoms with Gasteiger partial charge in [0.1, 0.15) is 0 Å². The highest BCUT2D eigenvalue weighted by molar-refractivity contribution is 6.29. The summed E-state index contributed by atoms with van der Waals surface area (Å²) in [6, 6.07) is 9.81. The summed E-state index contributed by atoms with van der Waals surface area (Å²) in [7, 11) is 2.35. The molecule has 0 radical (unpaired) electrons. The van der Waals surface area contributed by atoms with Crippen LogP contribution in [0.4, 0.5) is 0 Å². The van der Waals surface area contributed by atoms with Gasteiger partial charge >= 0.3 is 0 Å². The lowest BCUT2D eigenvalue weighted by atomic mass is 9.69. The number of likely N-dealkylation sites (N-methyl/N-ethyl adjacent to an activating group) is 1. The molecule has 0 aliphatic heterocycles. The molecule has 40 heavy (non-hydrogen) atoms. The highest BCUT2D eigenvalue weighted by atomic mass is 35.5. The van der Waals surface area contributed by atoms with E-state index in [9.17, 15) is 5.11 Å². The van der Waals surface area contributed by atoms with Crippen LogP contribution in [0, 0.1) is 17.8 Å². The molecule has 0 heterocycles.